The van der Waals surface area contributed by atoms with E-state index in [9.17, 15) is 0 Å². The van der Waals surface area contributed by atoms with Crippen molar-refractivity contribution in [2.45, 2.75) is 26.4 Å². The molecule has 2 aromatic carbocycles. The van der Waals surface area contributed by atoms with Crippen molar-refractivity contribution in [1.82, 2.24) is 10.6 Å². The second kappa shape index (κ2) is 7.80. The van der Waals surface area contributed by atoms with Crippen molar-refractivity contribution in [3.05, 3.63) is 65.2 Å². The molecule has 0 amide bonds. The summed E-state index contributed by atoms with van der Waals surface area (Å²) >= 11 is 5.37. The lowest BCUT2D eigenvalue weighted by Gasteiger charge is -2.18. The Labute approximate surface area is 137 Å². The first kappa shape index (κ1) is 16.3. The first-order valence-corrected chi connectivity index (χ1v) is 7.74. The van der Waals surface area contributed by atoms with Gasteiger partial charge in [0.15, 0.2) is 5.11 Å². The smallest absolute Gasteiger partial charge is 0.167 e. The van der Waals surface area contributed by atoms with Crippen LogP contribution in [0.1, 0.15) is 29.7 Å². The van der Waals surface area contributed by atoms with Crippen molar-refractivity contribution in [3.8, 4) is 5.75 Å². The number of hydrogen-bond acceptors (Lipinski definition) is 2. The van der Waals surface area contributed by atoms with Crippen molar-refractivity contribution >= 4 is 17.3 Å². The zero-order valence-electron chi connectivity index (χ0n) is 13.2. The SMILES string of the molecule is COc1cc(C)ccc1CNC(=S)NC(C)c1ccccc1. The van der Waals surface area contributed by atoms with Gasteiger partial charge in [0.05, 0.1) is 13.2 Å². The van der Waals surface area contributed by atoms with Crippen LogP contribution in [0.3, 0.4) is 0 Å². The number of aryl methyl sites for hydroxylation is 1. The minimum absolute atomic E-state index is 0.168. The van der Waals surface area contributed by atoms with Crippen molar-refractivity contribution in [2.75, 3.05) is 7.11 Å². The van der Waals surface area contributed by atoms with Gasteiger partial charge in [-0.05, 0) is 43.3 Å². The summed E-state index contributed by atoms with van der Waals surface area (Å²) in [5.41, 5.74) is 3.48. The highest BCUT2D eigenvalue weighted by Gasteiger charge is 2.07. The topological polar surface area (TPSA) is 33.3 Å². The number of methoxy groups -OCH3 is 1. The molecule has 1 unspecified atom stereocenters. The van der Waals surface area contributed by atoms with Gasteiger partial charge in [-0.2, -0.15) is 0 Å². The maximum absolute atomic E-state index is 5.41. The van der Waals surface area contributed by atoms with Gasteiger partial charge in [0.2, 0.25) is 0 Å². The van der Waals surface area contributed by atoms with E-state index in [1.807, 2.05) is 31.2 Å². The molecule has 3 nitrogen and oxygen atoms in total. The van der Waals surface area contributed by atoms with Crippen LogP contribution in [-0.2, 0) is 6.54 Å². The van der Waals surface area contributed by atoms with Crippen LogP contribution < -0.4 is 15.4 Å². The van der Waals surface area contributed by atoms with Crippen LogP contribution in [0.2, 0.25) is 0 Å². The molecule has 2 rings (SSSR count). The summed E-state index contributed by atoms with van der Waals surface area (Å²) in [6.07, 6.45) is 0. The monoisotopic (exact) mass is 314 g/mol. The van der Waals surface area contributed by atoms with E-state index in [1.165, 1.54) is 11.1 Å². The first-order chi connectivity index (χ1) is 10.6. The van der Waals surface area contributed by atoms with Crippen molar-refractivity contribution in [2.24, 2.45) is 0 Å². The second-order valence-corrected chi connectivity index (χ2v) is 5.68. The maximum atomic E-state index is 5.41. The molecule has 4 heteroatoms. The van der Waals surface area contributed by atoms with Crippen molar-refractivity contribution < 1.29 is 4.74 Å². The molecule has 0 heterocycles. The summed E-state index contributed by atoms with van der Waals surface area (Å²) in [6, 6.07) is 16.6. The summed E-state index contributed by atoms with van der Waals surface area (Å²) in [5, 5.41) is 7.17. The minimum Gasteiger partial charge on any atom is -0.496 e. The molecule has 22 heavy (non-hydrogen) atoms. The van der Waals surface area contributed by atoms with Gasteiger partial charge in [-0.1, -0.05) is 42.5 Å². The zero-order chi connectivity index (χ0) is 15.9. The zero-order valence-corrected chi connectivity index (χ0v) is 14.0. The standard InChI is InChI=1S/C18H22N2OS/c1-13-9-10-16(17(11-13)21-3)12-19-18(22)20-14(2)15-7-5-4-6-8-15/h4-11,14H,12H2,1-3H3,(H2,19,20,22). The Morgan fingerprint density at radius 1 is 1.18 bits per heavy atom. The molecule has 116 valence electrons. The van der Waals surface area contributed by atoms with Gasteiger partial charge < -0.3 is 15.4 Å². The van der Waals surface area contributed by atoms with Gasteiger partial charge in [0, 0.05) is 12.1 Å². The normalized spacial score (nSPS) is 11.6. The number of rotatable bonds is 5. The highest BCUT2D eigenvalue weighted by Crippen LogP contribution is 2.19. The third kappa shape index (κ3) is 4.46. The Hall–Kier alpha value is -2.07. The number of benzene rings is 2. The number of ether oxygens (including phenoxy) is 1. The van der Waals surface area contributed by atoms with Crippen LogP contribution in [0, 0.1) is 6.92 Å². The summed E-state index contributed by atoms with van der Waals surface area (Å²) < 4.78 is 5.41. The molecule has 0 bridgehead atoms. The Morgan fingerprint density at radius 3 is 2.59 bits per heavy atom. The quantitative estimate of drug-likeness (QED) is 0.824. The molecule has 1 atom stereocenters. The molecule has 2 aromatic rings. The molecule has 0 radical (unpaired) electrons. The first-order valence-electron chi connectivity index (χ1n) is 7.33. The van der Waals surface area contributed by atoms with Crippen LogP contribution in [0.4, 0.5) is 0 Å². The van der Waals surface area contributed by atoms with Gasteiger partial charge in [0.1, 0.15) is 5.75 Å². The van der Waals surface area contributed by atoms with Gasteiger partial charge in [-0.3, -0.25) is 0 Å². The van der Waals surface area contributed by atoms with E-state index >= 15 is 0 Å². The lowest BCUT2D eigenvalue weighted by atomic mass is 10.1. The van der Waals surface area contributed by atoms with E-state index in [1.54, 1.807) is 7.11 Å². The predicted octanol–water partition coefficient (Wildman–Crippen LogP) is 3.73. The van der Waals surface area contributed by atoms with Crippen LogP contribution in [0.25, 0.3) is 0 Å². The number of nitrogens with one attached hydrogen (secondary N) is 2. The van der Waals surface area contributed by atoms with E-state index in [2.05, 4.69) is 41.8 Å². The molecule has 0 aliphatic carbocycles. The minimum atomic E-state index is 0.168. The highest BCUT2D eigenvalue weighted by molar-refractivity contribution is 7.80. The van der Waals surface area contributed by atoms with E-state index in [4.69, 9.17) is 17.0 Å². The molecule has 0 saturated heterocycles. The van der Waals surface area contributed by atoms with Crippen LogP contribution >= 0.6 is 12.2 Å². The fourth-order valence-electron chi connectivity index (χ4n) is 2.25. The summed E-state index contributed by atoms with van der Waals surface area (Å²) in [6.45, 7) is 4.78. The third-order valence-corrected chi connectivity index (χ3v) is 3.79. The average Bonchev–Trinajstić information content (AvgIpc) is 2.54. The van der Waals surface area contributed by atoms with E-state index < -0.39 is 0 Å². The predicted molar refractivity (Wildman–Crippen MR) is 95.2 cm³/mol. The van der Waals surface area contributed by atoms with Gasteiger partial charge >= 0.3 is 0 Å². The van der Waals surface area contributed by atoms with Crippen LogP contribution in [-0.4, -0.2) is 12.2 Å². The number of thiocarbonyl (C=S) groups is 1. The maximum Gasteiger partial charge on any atom is 0.167 e. The van der Waals surface area contributed by atoms with Crippen LogP contribution in [0.5, 0.6) is 5.75 Å². The van der Waals surface area contributed by atoms with E-state index in [-0.39, 0.29) is 6.04 Å². The van der Waals surface area contributed by atoms with Gasteiger partial charge in [-0.15, -0.1) is 0 Å². The van der Waals surface area contributed by atoms with Crippen molar-refractivity contribution in [3.63, 3.8) is 0 Å². The van der Waals surface area contributed by atoms with Crippen LogP contribution in [0.15, 0.2) is 48.5 Å². The molecule has 2 N–H and O–H groups in total. The fraction of sp³-hybridized carbons (Fsp3) is 0.278. The second-order valence-electron chi connectivity index (χ2n) is 5.27. The fourth-order valence-corrected chi connectivity index (χ4v) is 2.49. The van der Waals surface area contributed by atoms with Gasteiger partial charge in [-0.25, -0.2) is 0 Å². The summed E-state index contributed by atoms with van der Waals surface area (Å²) in [5.74, 6) is 0.881. The molecular weight excluding hydrogens is 292 g/mol. The number of hydrogen-bond donors (Lipinski definition) is 2. The average molecular weight is 314 g/mol. The van der Waals surface area contributed by atoms with E-state index in [0.717, 1.165) is 11.3 Å². The molecular formula is C18H22N2OS. The Balaban J connectivity index is 1.90. The Bertz CT molecular complexity index is 628. The molecule has 0 spiro atoms. The highest BCUT2D eigenvalue weighted by atomic mass is 32.1. The Kier molecular flexibility index (Phi) is 5.78. The molecule has 0 saturated carbocycles. The third-order valence-electron chi connectivity index (χ3n) is 3.53. The molecule has 0 aromatic heterocycles. The lowest BCUT2D eigenvalue weighted by Crippen LogP contribution is -2.36. The summed E-state index contributed by atoms with van der Waals surface area (Å²) in [7, 11) is 1.69. The largest absolute Gasteiger partial charge is 0.496 e. The molecule has 0 aliphatic rings. The van der Waals surface area contributed by atoms with E-state index in [0.29, 0.717) is 11.7 Å². The summed E-state index contributed by atoms with van der Waals surface area (Å²) in [4.78, 5) is 0. The Morgan fingerprint density at radius 2 is 1.91 bits per heavy atom. The molecule has 0 aliphatic heterocycles. The molecule has 0 fully saturated rings. The van der Waals surface area contributed by atoms with Crippen molar-refractivity contribution in [1.29, 1.82) is 0 Å². The lowest BCUT2D eigenvalue weighted by molar-refractivity contribution is 0.408. The van der Waals surface area contributed by atoms with Gasteiger partial charge in [0.25, 0.3) is 0 Å².